The number of carbonyl (C=O) groups excluding carboxylic acids is 1. The number of aromatic carboxylic acids is 1. The Kier molecular flexibility index (Phi) is 3.19. The lowest BCUT2D eigenvalue weighted by Gasteiger charge is -2.02. The van der Waals surface area contributed by atoms with E-state index in [1.165, 1.54) is 6.07 Å². The number of amides is 2. The molecule has 0 aliphatic rings. The van der Waals surface area contributed by atoms with Gasteiger partial charge < -0.3 is 15.8 Å². The molecule has 98 valence electrons. The summed E-state index contributed by atoms with van der Waals surface area (Å²) < 4.78 is 0. The second-order valence-electron chi connectivity index (χ2n) is 3.93. The summed E-state index contributed by atoms with van der Waals surface area (Å²) in [4.78, 5) is 24.4. The van der Waals surface area contributed by atoms with Gasteiger partial charge in [0.1, 0.15) is 5.69 Å². The maximum absolute atomic E-state index is 10.9. The number of fused-ring (bicyclic) bond motifs is 1. The number of rotatable bonds is 3. The molecule has 1 aromatic heterocycles. The zero-order chi connectivity index (χ0) is 14.0. The summed E-state index contributed by atoms with van der Waals surface area (Å²) in [5.41, 5.74) is 9.02. The van der Waals surface area contributed by atoms with Gasteiger partial charge in [-0.25, -0.2) is 15.0 Å². The number of hydrazone groups is 1. The van der Waals surface area contributed by atoms with E-state index in [9.17, 15) is 9.59 Å². The van der Waals surface area contributed by atoms with Crippen LogP contribution in [-0.2, 0) is 0 Å². The molecule has 0 atom stereocenters. The molecule has 0 fully saturated rings. The Morgan fingerprint density at radius 1 is 1.42 bits per heavy atom. The van der Waals surface area contributed by atoms with Gasteiger partial charge in [0.25, 0.3) is 0 Å². The number of nitrogens with zero attached hydrogens (tertiary/aromatic N) is 1. The van der Waals surface area contributed by atoms with E-state index in [2.05, 4.69) is 15.5 Å². The van der Waals surface area contributed by atoms with Gasteiger partial charge in [0.2, 0.25) is 0 Å². The summed E-state index contributed by atoms with van der Waals surface area (Å²) >= 11 is 0. The van der Waals surface area contributed by atoms with Gasteiger partial charge in [0.15, 0.2) is 0 Å². The lowest BCUT2D eigenvalue weighted by atomic mass is 10.1. The third-order valence-corrected chi connectivity index (χ3v) is 2.61. The summed E-state index contributed by atoms with van der Waals surface area (Å²) in [5.74, 6) is -1.04. The molecule has 0 saturated carbocycles. The van der Waals surface area contributed by atoms with Crippen LogP contribution in [0.2, 0.25) is 0 Å². The highest BCUT2D eigenvalue weighted by Gasteiger charge is 2.11. The number of nitrogens with one attached hydrogen (secondary N) is 2. The summed E-state index contributed by atoms with van der Waals surface area (Å²) in [6.45, 7) is 1.69. The maximum Gasteiger partial charge on any atom is 0.352 e. The van der Waals surface area contributed by atoms with E-state index in [1.54, 1.807) is 25.1 Å². The van der Waals surface area contributed by atoms with E-state index in [1.807, 2.05) is 0 Å². The summed E-state index contributed by atoms with van der Waals surface area (Å²) in [7, 11) is 0. The highest BCUT2D eigenvalue weighted by molar-refractivity contribution is 6.10. The second kappa shape index (κ2) is 4.81. The Bertz CT molecular complexity index is 687. The van der Waals surface area contributed by atoms with Crippen molar-refractivity contribution in [2.75, 3.05) is 0 Å². The molecule has 2 amide bonds. The van der Waals surface area contributed by atoms with Crippen LogP contribution in [0.3, 0.4) is 0 Å². The van der Waals surface area contributed by atoms with Crippen LogP contribution in [0.1, 0.15) is 23.0 Å². The number of para-hydroxylation sites is 1. The molecule has 7 nitrogen and oxygen atoms in total. The Labute approximate surface area is 108 Å². The first-order valence-corrected chi connectivity index (χ1v) is 5.44. The van der Waals surface area contributed by atoms with Crippen LogP contribution in [0.4, 0.5) is 4.79 Å². The van der Waals surface area contributed by atoms with Crippen molar-refractivity contribution >= 4 is 28.6 Å². The number of hydrogen-bond acceptors (Lipinski definition) is 3. The third kappa shape index (κ3) is 2.54. The number of primary amides is 1. The van der Waals surface area contributed by atoms with Crippen LogP contribution in [-0.4, -0.2) is 27.8 Å². The normalized spacial score (nSPS) is 11.5. The lowest BCUT2D eigenvalue weighted by molar-refractivity contribution is 0.0691. The molecule has 0 aliphatic heterocycles. The number of nitrogens with two attached hydrogens (primary N) is 1. The smallest absolute Gasteiger partial charge is 0.352 e. The van der Waals surface area contributed by atoms with Crippen molar-refractivity contribution in [1.29, 1.82) is 0 Å². The van der Waals surface area contributed by atoms with E-state index in [0.29, 0.717) is 16.8 Å². The first-order valence-electron chi connectivity index (χ1n) is 5.44. The van der Waals surface area contributed by atoms with Crippen molar-refractivity contribution in [3.63, 3.8) is 0 Å². The minimum atomic E-state index is -1.04. The zero-order valence-electron chi connectivity index (χ0n) is 10.1. The summed E-state index contributed by atoms with van der Waals surface area (Å²) in [5, 5.41) is 13.5. The molecule has 19 heavy (non-hydrogen) atoms. The zero-order valence-corrected chi connectivity index (χ0v) is 10.1. The summed E-state index contributed by atoms with van der Waals surface area (Å²) in [6.07, 6.45) is 0. The predicted octanol–water partition coefficient (Wildman–Crippen LogP) is 1.26. The fourth-order valence-corrected chi connectivity index (χ4v) is 1.77. The number of H-pyrrole nitrogens is 1. The van der Waals surface area contributed by atoms with Crippen molar-refractivity contribution in [1.82, 2.24) is 10.4 Å². The predicted molar refractivity (Wildman–Crippen MR) is 70.2 cm³/mol. The summed E-state index contributed by atoms with van der Waals surface area (Å²) in [6, 6.07) is 6.11. The Morgan fingerprint density at radius 2 is 2.16 bits per heavy atom. The monoisotopic (exact) mass is 260 g/mol. The molecule has 0 bridgehead atoms. The van der Waals surface area contributed by atoms with Gasteiger partial charge in [-0.15, -0.1) is 0 Å². The van der Waals surface area contributed by atoms with Crippen molar-refractivity contribution < 1.29 is 14.7 Å². The Hall–Kier alpha value is -2.83. The quantitative estimate of drug-likeness (QED) is 0.491. The van der Waals surface area contributed by atoms with Gasteiger partial charge in [0, 0.05) is 10.9 Å². The highest BCUT2D eigenvalue weighted by atomic mass is 16.4. The number of aromatic nitrogens is 1. The topological polar surface area (TPSA) is 121 Å². The second-order valence-corrected chi connectivity index (χ2v) is 3.93. The van der Waals surface area contributed by atoms with Crippen LogP contribution < -0.4 is 11.2 Å². The minimum absolute atomic E-state index is 0.0955. The number of carboxylic acid groups (broad SMARTS) is 1. The van der Waals surface area contributed by atoms with E-state index in [-0.39, 0.29) is 5.69 Å². The van der Waals surface area contributed by atoms with Crippen LogP contribution in [0.15, 0.2) is 29.4 Å². The molecule has 0 radical (unpaired) electrons. The average molecular weight is 260 g/mol. The number of hydrogen-bond donors (Lipinski definition) is 4. The van der Waals surface area contributed by atoms with Gasteiger partial charge in [0.05, 0.1) is 11.2 Å². The Morgan fingerprint density at radius 3 is 2.79 bits per heavy atom. The number of carbonyl (C=O) groups is 2. The number of urea groups is 1. The largest absolute Gasteiger partial charge is 0.477 e. The first kappa shape index (κ1) is 12.6. The molecule has 1 heterocycles. The van der Waals surface area contributed by atoms with Crippen molar-refractivity contribution in [2.45, 2.75) is 6.92 Å². The lowest BCUT2D eigenvalue weighted by Crippen LogP contribution is -2.25. The fraction of sp³-hybridized carbons (Fsp3) is 0.0833. The molecule has 0 aliphatic carbocycles. The van der Waals surface area contributed by atoms with Crippen molar-refractivity contribution in [2.24, 2.45) is 10.8 Å². The highest BCUT2D eigenvalue weighted by Crippen LogP contribution is 2.20. The van der Waals surface area contributed by atoms with E-state index >= 15 is 0 Å². The molecular weight excluding hydrogens is 248 g/mol. The Balaban J connectivity index is 2.51. The first-order chi connectivity index (χ1) is 8.99. The molecule has 0 saturated heterocycles. The van der Waals surface area contributed by atoms with Gasteiger partial charge in [-0.05, 0) is 13.0 Å². The third-order valence-electron chi connectivity index (χ3n) is 2.61. The van der Waals surface area contributed by atoms with Crippen LogP contribution >= 0.6 is 0 Å². The van der Waals surface area contributed by atoms with Gasteiger partial charge in [-0.3, -0.25) is 0 Å². The van der Waals surface area contributed by atoms with E-state index in [0.717, 1.165) is 5.39 Å². The SMILES string of the molecule is CC(=NNC(N)=O)c1cccc2cc(C(=O)O)[nH]c12. The number of benzene rings is 1. The maximum atomic E-state index is 10.9. The van der Waals surface area contributed by atoms with E-state index in [4.69, 9.17) is 10.8 Å². The van der Waals surface area contributed by atoms with Crippen LogP contribution in [0.5, 0.6) is 0 Å². The number of aromatic amines is 1. The molecule has 0 unspecified atom stereocenters. The van der Waals surface area contributed by atoms with Gasteiger partial charge in [-0.2, -0.15) is 5.10 Å². The minimum Gasteiger partial charge on any atom is -0.477 e. The molecule has 5 N–H and O–H groups in total. The standard InChI is InChI=1S/C12H12N4O3/c1-6(15-16-12(13)19)8-4-2-3-7-5-9(11(17)18)14-10(7)8/h2-5,14H,1H3,(H,17,18)(H3,13,16,19). The van der Waals surface area contributed by atoms with Crippen LogP contribution in [0, 0.1) is 0 Å². The van der Waals surface area contributed by atoms with Crippen molar-refractivity contribution in [3.05, 3.63) is 35.5 Å². The van der Waals surface area contributed by atoms with Gasteiger partial charge >= 0.3 is 12.0 Å². The molecule has 2 rings (SSSR count). The fourth-order valence-electron chi connectivity index (χ4n) is 1.77. The molecule has 1 aromatic carbocycles. The van der Waals surface area contributed by atoms with Crippen molar-refractivity contribution in [3.8, 4) is 0 Å². The molecule has 7 heteroatoms. The molecule has 0 spiro atoms. The van der Waals surface area contributed by atoms with Gasteiger partial charge in [-0.1, -0.05) is 18.2 Å². The van der Waals surface area contributed by atoms with Crippen LogP contribution in [0.25, 0.3) is 10.9 Å². The molecular formula is C12H12N4O3. The average Bonchev–Trinajstić information content (AvgIpc) is 2.79. The molecule has 2 aromatic rings. The number of carboxylic acids is 1. The van der Waals surface area contributed by atoms with E-state index < -0.39 is 12.0 Å².